The number of amides is 1. The molecule has 0 radical (unpaired) electrons. The molecular weight excluding hydrogens is 587 g/mol. The summed E-state index contributed by atoms with van der Waals surface area (Å²) >= 11 is 0. The van der Waals surface area contributed by atoms with Crippen LogP contribution in [-0.2, 0) is 26.8 Å². The molecule has 3 rings (SSSR count). The van der Waals surface area contributed by atoms with E-state index in [1.807, 2.05) is 23.7 Å². The van der Waals surface area contributed by atoms with E-state index in [1.165, 1.54) is 26.3 Å². The number of carbonyl (C=O) groups is 2. The number of carbonyl (C=O) groups excluding carboxylic acids is 2. The van der Waals surface area contributed by atoms with Gasteiger partial charge in [-0.3, -0.25) is 4.79 Å². The van der Waals surface area contributed by atoms with Crippen molar-refractivity contribution in [3.63, 3.8) is 0 Å². The minimum atomic E-state index is -3.70. The number of benzene rings is 2. The van der Waals surface area contributed by atoms with Crippen molar-refractivity contribution in [2.24, 2.45) is 12.2 Å². The van der Waals surface area contributed by atoms with E-state index in [2.05, 4.69) is 19.2 Å². The van der Waals surface area contributed by atoms with E-state index in [4.69, 9.17) is 14.6 Å². The van der Waals surface area contributed by atoms with E-state index in [1.54, 1.807) is 12.1 Å². The van der Waals surface area contributed by atoms with Crippen LogP contribution in [-0.4, -0.2) is 63.0 Å². The Hall–Kier alpha value is -3.48. The Kier molecular flexibility index (Phi) is 12.7. The molecule has 0 saturated carbocycles. The standard InChI is InChI=1S/C32H45FN4O6S/c1-6-8-12-22(7-2)30-25-15-13-23(32(39)42-5)19-27(25)37(4)31(30)26-16-14-24(33)20-28(26)43-21-29(38)35-17-10-9-11-18-36(3)44(34,40)41/h13-16,19-20,22H,6-12,17-18,21H2,1-5H3,(H,35,38)(H2,34,40,41). The van der Waals surface area contributed by atoms with Crippen molar-refractivity contribution in [2.75, 3.05) is 33.9 Å². The number of hydrogen-bond donors (Lipinski definition) is 2. The number of nitrogens with one attached hydrogen (secondary N) is 1. The van der Waals surface area contributed by atoms with Gasteiger partial charge in [0.1, 0.15) is 11.6 Å². The highest BCUT2D eigenvalue weighted by Gasteiger charge is 2.26. The Morgan fingerprint density at radius 1 is 1.09 bits per heavy atom. The van der Waals surface area contributed by atoms with Gasteiger partial charge in [0.05, 0.1) is 18.4 Å². The molecule has 3 aromatic rings. The molecule has 10 nitrogen and oxygen atoms in total. The van der Waals surface area contributed by atoms with Crippen LogP contribution in [0.3, 0.4) is 0 Å². The molecule has 0 fully saturated rings. The summed E-state index contributed by atoms with van der Waals surface area (Å²) < 4.78 is 51.1. The third-order valence-electron chi connectivity index (χ3n) is 7.93. The van der Waals surface area contributed by atoms with E-state index in [-0.39, 0.29) is 24.2 Å². The van der Waals surface area contributed by atoms with Crippen LogP contribution in [0.25, 0.3) is 22.2 Å². The maximum atomic E-state index is 14.5. The van der Waals surface area contributed by atoms with Gasteiger partial charge in [-0.25, -0.2) is 14.3 Å². The second-order valence-electron chi connectivity index (χ2n) is 11.0. The number of nitrogens with two attached hydrogens (primary N) is 1. The van der Waals surface area contributed by atoms with Crippen molar-refractivity contribution in [1.29, 1.82) is 0 Å². The number of methoxy groups -OCH3 is 1. The predicted molar refractivity (Wildman–Crippen MR) is 170 cm³/mol. The van der Waals surface area contributed by atoms with Gasteiger partial charge in [-0.05, 0) is 61.4 Å². The van der Waals surface area contributed by atoms with Crippen molar-refractivity contribution in [3.8, 4) is 17.0 Å². The number of fused-ring (bicyclic) bond motifs is 1. The highest BCUT2D eigenvalue weighted by molar-refractivity contribution is 7.86. The maximum absolute atomic E-state index is 14.5. The van der Waals surface area contributed by atoms with Gasteiger partial charge in [-0.2, -0.15) is 12.7 Å². The quantitative estimate of drug-likeness (QED) is 0.154. The Balaban J connectivity index is 1.85. The largest absolute Gasteiger partial charge is 0.483 e. The molecule has 0 spiro atoms. The van der Waals surface area contributed by atoms with Gasteiger partial charge in [0.15, 0.2) is 6.61 Å². The molecule has 1 amide bonds. The van der Waals surface area contributed by atoms with Gasteiger partial charge >= 0.3 is 5.97 Å². The molecule has 0 aliphatic heterocycles. The monoisotopic (exact) mass is 632 g/mol. The fourth-order valence-corrected chi connectivity index (χ4v) is 5.83. The molecule has 0 aliphatic carbocycles. The van der Waals surface area contributed by atoms with E-state index in [9.17, 15) is 22.4 Å². The number of halogens is 1. The molecule has 44 heavy (non-hydrogen) atoms. The second kappa shape index (κ2) is 16.0. The van der Waals surface area contributed by atoms with Crippen LogP contribution in [0.2, 0.25) is 0 Å². The van der Waals surface area contributed by atoms with Gasteiger partial charge in [-0.1, -0.05) is 39.2 Å². The zero-order chi connectivity index (χ0) is 32.4. The molecular formula is C32H45FN4O6S. The van der Waals surface area contributed by atoms with E-state index >= 15 is 0 Å². The SMILES string of the molecule is CCCCC(CC)c1c(-c2ccc(F)cc2OCC(=O)NCCCCCN(C)S(N)(=O)=O)n(C)c2cc(C(=O)OC)ccc12. The van der Waals surface area contributed by atoms with Crippen LogP contribution in [0.4, 0.5) is 4.39 Å². The molecule has 0 aliphatic rings. The van der Waals surface area contributed by atoms with Crippen molar-refractivity contribution >= 4 is 33.0 Å². The summed E-state index contributed by atoms with van der Waals surface area (Å²) in [4.78, 5) is 24.9. The zero-order valence-electron chi connectivity index (χ0n) is 26.3. The van der Waals surface area contributed by atoms with E-state index < -0.39 is 22.0 Å². The first kappa shape index (κ1) is 35.0. The Morgan fingerprint density at radius 3 is 2.50 bits per heavy atom. The fourth-order valence-electron chi connectivity index (χ4n) is 5.45. The summed E-state index contributed by atoms with van der Waals surface area (Å²) in [6.07, 6.45) is 5.92. The van der Waals surface area contributed by atoms with Crippen molar-refractivity contribution in [1.82, 2.24) is 14.2 Å². The number of rotatable bonds is 17. The summed E-state index contributed by atoms with van der Waals surface area (Å²) in [7, 11) is 0.980. The Morgan fingerprint density at radius 2 is 1.84 bits per heavy atom. The number of nitrogens with zero attached hydrogens (tertiary/aromatic N) is 2. The predicted octanol–water partition coefficient (Wildman–Crippen LogP) is 5.26. The number of hydrogen-bond acceptors (Lipinski definition) is 6. The minimum absolute atomic E-state index is 0.212. The Bertz CT molecular complexity index is 1560. The lowest BCUT2D eigenvalue weighted by molar-refractivity contribution is -0.123. The smallest absolute Gasteiger partial charge is 0.337 e. The first-order valence-corrected chi connectivity index (χ1v) is 16.6. The van der Waals surface area contributed by atoms with Crippen LogP contribution < -0.4 is 15.2 Å². The number of esters is 1. The van der Waals surface area contributed by atoms with Gasteiger partial charge in [0, 0.05) is 49.7 Å². The van der Waals surface area contributed by atoms with Gasteiger partial charge in [-0.15, -0.1) is 0 Å². The Labute approximate surface area is 259 Å². The minimum Gasteiger partial charge on any atom is -0.483 e. The summed E-state index contributed by atoms with van der Waals surface area (Å²) in [6.45, 7) is 4.70. The first-order chi connectivity index (χ1) is 20.9. The first-order valence-electron chi connectivity index (χ1n) is 15.1. The summed E-state index contributed by atoms with van der Waals surface area (Å²) in [6, 6.07) is 9.86. The lowest BCUT2D eigenvalue weighted by Crippen LogP contribution is -2.34. The molecule has 0 saturated heterocycles. The van der Waals surface area contributed by atoms with Crippen LogP contribution >= 0.6 is 0 Å². The van der Waals surface area contributed by atoms with Crippen molar-refractivity contribution < 1.29 is 31.9 Å². The van der Waals surface area contributed by atoms with Gasteiger partial charge < -0.3 is 19.4 Å². The van der Waals surface area contributed by atoms with Crippen molar-refractivity contribution in [3.05, 3.63) is 53.3 Å². The molecule has 3 N–H and O–H groups in total. The lowest BCUT2D eigenvalue weighted by atomic mass is 9.87. The third-order valence-corrected chi connectivity index (χ3v) is 8.98. The van der Waals surface area contributed by atoms with Gasteiger partial charge in [0.2, 0.25) is 0 Å². The number of aromatic nitrogens is 1. The normalized spacial score (nSPS) is 12.5. The van der Waals surface area contributed by atoms with E-state index in [0.29, 0.717) is 43.5 Å². The molecule has 12 heteroatoms. The highest BCUT2D eigenvalue weighted by Crippen LogP contribution is 2.44. The molecule has 1 heterocycles. The maximum Gasteiger partial charge on any atom is 0.337 e. The summed E-state index contributed by atoms with van der Waals surface area (Å²) in [5, 5.41) is 8.88. The van der Waals surface area contributed by atoms with Crippen LogP contribution in [0.1, 0.15) is 80.6 Å². The van der Waals surface area contributed by atoms with Gasteiger partial charge in [0.25, 0.3) is 16.1 Å². The third kappa shape index (κ3) is 8.80. The fraction of sp³-hybridized carbons (Fsp3) is 0.500. The molecule has 242 valence electrons. The lowest BCUT2D eigenvalue weighted by Gasteiger charge is -2.19. The molecule has 0 bridgehead atoms. The van der Waals surface area contributed by atoms with Crippen LogP contribution in [0, 0.1) is 5.82 Å². The second-order valence-corrected chi connectivity index (χ2v) is 12.7. The highest BCUT2D eigenvalue weighted by atomic mass is 32.2. The topological polar surface area (TPSA) is 133 Å². The zero-order valence-corrected chi connectivity index (χ0v) is 27.1. The summed E-state index contributed by atoms with van der Waals surface area (Å²) in [5.41, 5.74) is 3.88. The van der Waals surface area contributed by atoms with Crippen LogP contribution in [0.15, 0.2) is 36.4 Å². The summed E-state index contributed by atoms with van der Waals surface area (Å²) in [5.74, 6) is -0.807. The van der Waals surface area contributed by atoms with Crippen LogP contribution in [0.5, 0.6) is 5.75 Å². The average Bonchev–Trinajstić information content (AvgIpc) is 3.28. The molecule has 2 aromatic carbocycles. The molecule has 1 aromatic heterocycles. The molecule has 1 unspecified atom stereocenters. The molecule has 1 atom stereocenters. The number of ether oxygens (including phenoxy) is 2. The number of unbranched alkanes of at least 4 members (excludes halogenated alkanes) is 3. The average molecular weight is 633 g/mol. The van der Waals surface area contributed by atoms with Crippen molar-refractivity contribution in [2.45, 2.75) is 64.7 Å². The van der Waals surface area contributed by atoms with E-state index in [0.717, 1.165) is 52.1 Å². The number of aryl methyl sites for hydroxylation is 1.